The molecule has 0 atom stereocenters. The van der Waals surface area contributed by atoms with Crippen molar-refractivity contribution < 1.29 is 4.74 Å². The first-order chi connectivity index (χ1) is 13.3. The van der Waals surface area contributed by atoms with E-state index in [0.717, 1.165) is 35.8 Å². The van der Waals surface area contributed by atoms with Crippen molar-refractivity contribution in [2.24, 2.45) is 0 Å². The molecule has 2 aromatic rings. The van der Waals surface area contributed by atoms with Gasteiger partial charge < -0.3 is 19.6 Å². The van der Waals surface area contributed by atoms with E-state index >= 15 is 0 Å². The number of rotatable bonds is 9. The van der Waals surface area contributed by atoms with Gasteiger partial charge in [0.25, 0.3) is 5.56 Å². The highest BCUT2D eigenvalue weighted by atomic mass is 28.3. The van der Waals surface area contributed by atoms with Gasteiger partial charge in [-0.1, -0.05) is 19.6 Å². The van der Waals surface area contributed by atoms with Gasteiger partial charge in [0.1, 0.15) is 12.2 Å². The van der Waals surface area contributed by atoms with E-state index in [1.54, 1.807) is 0 Å². The Balaban J connectivity index is 1.61. The number of pyridine rings is 1. The van der Waals surface area contributed by atoms with Crippen LogP contribution in [0, 0.1) is 0 Å². The number of nitrogens with one attached hydrogen (secondary N) is 2. The van der Waals surface area contributed by atoms with Gasteiger partial charge in [0.05, 0.1) is 0 Å². The van der Waals surface area contributed by atoms with Gasteiger partial charge in [-0.25, -0.2) is 0 Å². The van der Waals surface area contributed by atoms with Gasteiger partial charge in [-0.3, -0.25) is 4.79 Å². The SMILES string of the molecule is CC1(NCc2cc3c(C4CC4)c[nH]c(=O)c3n2COCC[Si](C)(C)C)CCC1. The highest BCUT2D eigenvalue weighted by Crippen LogP contribution is 2.42. The van der Waals surface area contributed by atoms with Crippen LogP contribution in [0.3, 0.4) is 0 Å². The smallest absolute Gasteiger partial charge is 0.272 e. The largest absolute Gasteiger partial charge is 0.361 e. The molecule has 2 saturated carbocycles. The molecule has 0 unspecified atom stereocenters. The third-order valence-corrected chi connectivity index (χ3v) is 8.16. The average Bonchev–Trinajstić information content (AvgIpc) is 3.36. The Morgan fingerprint density at radius 2 is 2.07 bits per heavy atom. The zero-order valence-corrected chi connectivity index (χ0v) is 18.9. The summed E-state index contributed by atoms with van der Waals surface area (Å²) in [4.78, 5) is 15.7. The lowest BCUT2D eigenvalue weighted by molar-refractivity contribution is 0.0873. The van der Waals surface area contributed by atoms with E-state index in [-0.39, 0.29) is 11.1 Å². The van der Waals surface area contributed by atoms with E-state index in [4.69, 9.17) is 4.74 Å². The number of aromatic amines is 1. The molecule has 2 aliphatic rings. The Bertz CT molecular complexity index is 901. The molecule has 0 bridgehead atoms. The molecule has 0 saturated heterocycles. The highest BCUT2D eigenvalue weighted by molar-refractivity contribution is 6.76. The van der Waals surface area contributed by atoms with Gasteiger partial charge >= 0.3 is 0 Å². The normalized spacial score (nSPS) is 19.1. The molecule has 154 valence electrons. The molecule has 2 aromatic heterocycles. The molecule has 2 N–H and O–H groups in total. The molecular weight excluding hydrogens is 366 g/mol. The van der Waals surface area contributed by atoms with Crippen molar-refractivity contribution in [1.82, 2.24) is 14.9 Å². The molecular formula is C22H35N3O2Si. The molecule has 0 aromatic carbocycles. The van der Waals surface area contributed by atoms with Gasteiger partial charge in [-0.05, 0) is 62.6 Å². The van der Waals surface area contributed by atoms with Crippen LogP contribution in [0.15, 0.2) is 17.1 Å². The molecule has 6 heteroatoms. The predicted octanol–water partition coefficient (Wildman–Crippen LogP) is 4.55. The van der Waals surface area contributed by atoms with E-state index in [2.05, 4.69) is 47.5 Å². The van der Waals surface area contributed by atoms with Crippen molar-refractivity contribution in [1.29, 1.82) is 0 Å². The molecule has 2 aliphatic carbocycles. The molecule has 5 nitrogen and oxygen atoms in total. The van der Waals surface area contributed by atoms with Crippen LogP contribution in [0.4, 0.5) is 0 Å². The number of nitrogens with zero attached hydrogens (tertiary/aromatic N) is 1. The fourth-order valence-corrected chi connectivity index (χ4v) is 4.86. The van der Waals surface area contributed by atoms with Crippen LogP contribution in [0.2, 0.25) is 25.7 Å². The molecule has 2 fully saturated rings. The van der Waals surface area contributed by atoms with Crippen molar-refractivity contribution in [2.45, 2.75) is 89.4 Å². The molecule has 0 spiro atoms. The lowest BCUT2D eigenvalue weighted by atomic mass is 9.78. The van der Waals surface area contributed by atoms with Crippen LogP contribution in [0.1, 0.15) is 56.2 Å². The van der Waals surface area contributed by atoms with Crippen LogP contribution in [-0.4, -0.2) is 29.8 Å². The second-order valence-electron chi connectivity index (χ2n) is 10.3. The van der Waals surface area contributed by atoms with Gasteiger partial charge in [-0.15, -0.1) is 0 Å². The van der Waals surface area contributed by atoms with Crippen molar-refractivity contribution in [3.63, 3.8) is 0 Å². The fourth-order valence-electron chi connectivity index (χ4n) is 4.10. The maximum absolute atomic E-state index is 12.7. The van der Waals surface area contributed by atoms with Crippen LogP contribution >= 0.6 is 0 Å². The maximum Gasteiger partial charge on any atom is 0.272 e. The summed E-state index contributed by atoms with van der Waals surface area (Å²) in [6.07, 6.45) is 8.15. The van der Waals surface area contributed by atoms with E-state index in [0.29, 0.717) is 12.6 Å². The van der Waals surface area contributed by atoms with Crippen molar-refractivity contribution in [3.8, 4) is 0 Å². The van der Waals surface area contributed by atoms with Crippen LogP contribution in [0.25, 0.3) is 10.9 Å². The summed E-state index contributed by atoms with van der Waals surface area (Å²) in [6.45, 7) is 11.4. The number of fused-ring (bicyclic) bond motifs is 1. The van der Waals surface area contributed by atoms with Crippen molar-refractivity contribution >= 4 is 19.0 Å². The summed E-state index contributed by atoms with van der Waals surface area (Å²) in [5.41, 5.74) is 3.48. The minimum atomic E-state index is -1.12. The fraction of sp³-hybridized carbons (Fsp3) is 0.682. The predicted molar refractivity (Wildman–Crippen MR) is 118 cm³/mol. The second-order valence-corrected chi connectivity index (χ2v) is 15.9. The van der Waals surface area contributed by atoms with Crippen LogP contribution in [-0.2, 0) is 18.0 Å². The molecule has 28 heavy (non-hydrogen) atoms. The Hall–Kier alpha value is -1.37. The van der Waals surface area contributed by atoms with E-state index < -0.39 is 8.07 Å². The van der Waals surface area contributed by atoms with E-state index in [9.17, 15) is 4.79 Å². The maximum atomic E-state index is 12.7. The van der Waals surface area contributed by atoms with Gasteiger partial charge in [0, 0.05) is 44.0 Å². The number of hydrogen-bond acceptors (Lipinski definition) is 3. The first-order valence-corrected chi connectivity index (χ1v) is 14.5. The van der Waals surface area contributed by atoms with Crippen LogP contribution < -0.4 is 10.9 Å². The number of hydrogen-bond donors (Lipinski definition) is 2. The van der Waals surface area contributed by atoms with Crippen molar-refractivity contribution in [3.05, 3.63) is 33.9 Å². The molecule has 0 amide bonds. The molecule has 0 aliphatic heterocycles. The molecule has 0 radical (unpaired) electrons. The average molecular weight is 402 g/mol. The highest BCUT2D eigenvalue weighted by Gasteiger charge is 2.32. The van der Waals surface area contributed by atoms with Crippen LogP contribution in [0.5, 0.6) is 0 Å². The topological polar surface area (TPSA) is 59.0 Å². The van der Waals surface area contributed by atoms with Gasteiger partial charge in [0.2, 0.25) is 0 Å². The quantitative estimate of drug-likeness (QED) is 0.479. The lowest BCUT2D eigenvalue weighted by Gasteiger charge is -2.39. The minimum absolute atomic E-state index is 0.00528. The van der Waals surface area contributed by atoms with Gasteiger partial charge in [-0.2, -0.15) is 0 Å². The van der Waals surface area contributed by atoms with Gasteiger partial charge in [0.15, 0.2) is 0 Å². The Kier molecular flexibility index (Phi) is 5.31. The summed E-state index contributed by atoms with van der Waals surface area (Å²) in [6, 6.07) is 3.37. The summed E-state index contributed by atoms with van der Waals surface area (Å²) >= 11 is 0. The zero-order chi connectivity index (χ0) is 19.9. The molecule has 4 rings (SSSR count). The first kappa shape index (κ1) is 19.9. The zero-order valence-electron chi connectivity index (χ0n) is 17.9. The second kappa shape index (κ2) is 7.47. The first-order valence-electron chi connectivity index (χ1n) is 10.8. The minimum Gasteiger partial charge on any atom is -0.361 e. The van der Waals surface area contributed by atoms with Crippen molar-refractivity contribution in [2.75, 3.05) is 6.61 Å². The summed E-state index contributed by atoms with van der Waals surface area (Å²) in [5.74, 6) is 0.605. The number of ether oxygens (including phenoxy) is 1. The Labute approximate surface area is 168 Å². The Morgan fingerprint density at radius 1 is 1.32 bits per heavy atom. The lowest BCUT2D eigenvalue weighted by Crippen LogP contribution is -2.47. The standard InChI is InChI=1S/C22H35N3O2Si/c1-22(8-5-9-22)24-13-17-12-18-19(16-6-7-16)14-23-21(26)20(18)25(17)15-27-10-11-28(2,3)4/h12,14,16,24H,5-11,13,15H2,1-4H3,(H,23,26). The monoisotopic (exact) mass is 401 g/mol. The summed E-state index contributed by atoms with van der Waals surface area (Å²) < 4.78 is 8.17. The Morgan fingerprint density at radius 3 is 2.68 bits per heavy atom. The number of H-pyrrole nitrogens is 1. The molecule has 2 heterocycles. The number of aromatic nitrogens is 2. The summed E-state index contributed by atoms with van der Waals surface area (Å²) in [7, 11) is -1.12. The van der Waals surface area contributed by atoms with E-state index in [1.165, 1.54) is 37.7 Å². The third kappa shape index (κ3) is 4.29. The third-order valence-electron chi connectivity index (χ3n) is 6.45. The summed E-state index contributed by atoms with van der Waals surface area (Å²) in [5, 5.41) is 4.85. The van der Waals surface area contributed by atoms with E-state index in [1.807, 2.05) is 6.20 Å².